The van der Waals surface area contributed by atoms with E-state index in [1.54, 1.807) is 0 Å². The average molecular weight is 225 g/mol. The molecule has 70 valence electrons. The molecule has 12 heavy (non-hydrogen) atoms. The van der Waals surface area contributed by atoms with Crippen LogP contribution in [0.4, 0.5) is 0 Å². The van der Waals surface area contributed by atoms with E-state index in [1.807, 2.05) is 6.92 Å². The second kappa shape index (κ2) is 8.85. The first-order chi connectivity index (χ1) is 4.27. The Morgan fingerprint density at radius 3 is 1.92 bits per heavy atom. The summed E-state index contributed by atoms with van der Waals surface area (Å²) in [5.41, 5.74) is 0. The summed E-state index contributed by atoms with van der Waals surface area (Å²) in [5.74, 6) is -0.255. The standard InChI is InChI=1S/C7H14O2.2ClH.Mg/c1-3-4-7(2)8-5-6-9-7;;;/h3-6H2,1-2H3;2*1H;/q;;;+2/p-2. The Balaban J connectivity index is -0.000000270. The van der Waals surface area contributed by atoms with Crippen molar-refractivity contribution in [1.82, 2.24) is 0 Å². The Morgan fingerprint density at radius 2 is 1.58 bits per heavy atom. The SMILES string of the molecule is CCCC1(C)OCCO1.[Cl-].[Cl-].[Mg+2]. The van der Waals surface area contributed by atoms with Crippen molar-refractivity contribution in [2.75, 3.05) is 13.2 Å². The maximum absolute atomic E-state index is 5.36. The topological polar surface area (TPSA) is 18.5 Å². The van der Waals surface area contributed by atoms with Crippen molar-refractivity contribution in [2.24, 2.45) is 0 Å². The van der Waals surface area contributed by atoms with Crippen molar-refractivity contribution in [2.45, 2.75) is 32.5 Å². The molecule has 5 heteroatoms. The number of ether oxygens (including phenoxy) is 2. The van der Waals surface area contributed by atoms with Gasteiger partial charge in [0.25, 0.3) is 0 Å². The van der Waals surface area contributed by atoms with E-state index in [2.05, 4.69) is 6.92 Å². The van der Waals surface area contributed by atoms with Crippen LogP contribution >= 0.6 is 0 Å². The number of rotatable bonds is 2. The van der Waals surface area contributed by atoms with Crippen LogP contribution < -0.4 is 24.8 Å². The Bertz CT molecular complexity index is 97.4. The molecule has 0 radical (unpaired) electrons. The van der Waals surface area contributed by atoms with Gasteiger partial charge in [-0.25, -0.2) is 0 Å². The molecule has 0 unspecified atom stereocenters. The van der Waals surface area contributed by atoms with Gasteiger partial charge in [-0.05, 0) is 6.92 Å². The summed E-state index contributed by atoms with van der Waals surface area (Å²) in [6.45, 7) is 5.66. The smallest absolute Gasteiger partial charge is 1.00 e. The predicted molar refractivity (Wildman–Crippen MR) is 41.0 cm³/mol. The third kappa shape index (κ3) is 5.83. The maximum Gasteiger partial charge on any atom is 2.00 e. The normalized spacial score (nSPS) is 18.5. The van der Waals surface area contributed by atoms with E-state index in [9.17, 15) is 0 Å². The molecule has 0 saturated carbocycles. The minimum Gasteiger partial charge on any atom is -1.00 e. The van der Waals surface area contributed by atoms with Crippen molar-refractivity contribution in [3.05, 3.63) is 0 Å². The van der Waals surface area contributed by atoms with Gasteiger partial charge in [-0.3, -0.25) is 0 Å². The van der Waals surface area contributed by atoms with Gasteiger partial charge in [-0.2, -0.15) is 0 Å². The molecule has 0 amide bonds. The molecule has 0 aromatic rings. The first-order valence-electron chi connectivity index (χ1n) is 3.55. The van der Waals surface area contributed by atoms with Crippen molar-refractivity contribution in [3.63, 3.8) is 0 Å². The molecule has 0 spiro atoms. The van der Waals surface area contributed by atoms with E-state index < -0.39 is 0 Å². The number of hydrogen-bond donors (Lipinski definition) is 0. The predicted octanol–water partition coefficient (Wildman–Crippen LogP) is -4.82. The zero-order valence-corrected chi connectivity index (χ0v) is 10.5. The molecule has 1 heterocycles. The molecule has 0 aromatic heterocycles. The van der Waals surface area contributed by atoms with Crippen LogP contribution in [0.3, 0.4) is 0 Å². The maximum atomic E-state index is 5.36. The number of halogens is 2. The molecule has 2 nitrogen and oxygen atoms in total. The summed E-state index contributed by atoms with van der Waals surface area (Å²) >= 11 is 0. The summed E-state index contributed by atoms with van der Waals surface area (Å²) in [6.07, 6.45) is 2.13. The largest absolute Gasteiger partial charge is 2.00 e. The minimum absolute atomic E-state index is 0. The Labute approximate surface area is 103 Å². The van der Waals surface area contributed by atoms with E-state index in [0.717, 1.165) is 26.1 Å². The Hall–Kier alpha value is 1.27. The summed E-state index contributed by atoms with van der Waals surface area (Å²) in [6, 6.07) is 0. The third-order valence-electron chi connectivity index (χ3n) is 1.60. The average Bonchev–Trinajstić information content (AvgIpc) is 2.16. The van der Waals surface area contributed by atoms with Crippen molar-refractivity contribution in [1.29, 1.82) is 0 Å². The van der Waals surface area contributed by atoms with Gasteiger partial charge in [-0.15, -0.1) is 0 Å². The van der Waals surface area contributed by atoms with Gasteiger partial charge in [0.05, 0.1) is 13.2 Å². The Kier molecular flexibility index (Phi) is 14.0. The van der Waals surface area contributed by atoms with Gasteiger partial charge in [0.1, 0.15) is 0 Å². The van der Waals surface area contributed by atoms with Gasteiger partial charge in [0, 0.05) is 6.42 Å². The first-order valence-corrected chi connectivity index (χ1v) is 3.55. The second-order valence-electron chi connectivity index (χ2n) is 2.58. The van der Waals surface area contributed by atoms with Crippen LogP contribution in [0.5, 0.6) is 0 Å². The third-order valence-corrected chi connectivity index (χ3v) is 1.60. The fraction of sp³-hybridized carbons (Fsp3) is 1.00. The monoisotopic (exact) mass is 224 g/mol. The second-order valence-corrected chi connectivity index (χ2v) is 2.58. The van der Waals surface area contributed by atoms with Crippen molar-refractivity contribution >= 4 is 23.1 Å². The van der Waals surface area contributed by atoms with Crippen LogP contribution in [0.25, 0.3) is 0 Å². The van der Waals surface area contributed by atoms with Gasteiger partial charge in [0.2, 0.25) is 0 Å². The number of hydrogen-bond acceptors (Lipinski definition) is 2. The quantitative estimate of drug-likeness (QED) is 0.439. The van der Waals surface area contributed by atoms with Crippen LogP contribution in [0.2, 0.25) is 0 Å². The molecular weight excluding hydrogens is 211 g/mol. The molecule has 1 aliphatic rings. The first kappa shape index (κ1) is 18.9. The van der Waals surface area contributed by atoms with Crippen LogP contribution in [-0.4, -0.2) is 42.1 Å². The van der Waals surface area contributed by atoms with E-state index in [1.165, 1.54) is 0 Å². The zero-order valence-electron chi connectivity index (χ0n) is 7.61. The van der Waals surface area contributed by atoms with Crippen LogP contribution in [-0.2, 0) is 9.47 Å². The van der Waals surface area contributed by atoms with Gasteiger partial charge in [0.15, 0.2) is 5.79 Å². The Morgan fingerprint density at radius 1 is 1.17 bits per heavy atom. The molecule has 0 atom stereocenters. The molecular formula is C7H14Cl2MgO2. The fourth-order valence-electron chi connectivity index (χ4n) is 1.16. The molecule has 1 rings (SSSR count). The summed E-state index contributed by atoms with van der Waals surface area (Å²) in [7, 11) is 0. The van der Waals surface area contributed by atoms with Crippen molar-refractivity contribution < 1.29 is 34.3 Å². The van der Waals surface area contributed by atoms with Gasteiger partial charge < -0.3 is 34.3 Å². The molecule has 1 fully saturated rings. The van der Waals surface area contributed by atoms with Crippen molar-refractivity contribution in [3.8, 4) is 0 Å². The zero-order chi connectivity index (χ0) is 6.74. The molecule has 1 saturated heterocycles. The summed E-state index contributed by atoms with van der Waals surface area (Å²) in [4.78, 5) is 0. The van der Waals surface area contributed by atoms with Gasteiger partial charge >= 0.3 is 23.1 Å². The molecule has 0 bridgehead atoms. The minimum atomic E-state index is -0.255. The van der Waals surface area contributed by atoms with E-state index in [0.29, 0.717) is 0 Å². The van der Waals surface area contributed by atoms with Gasteiger partial charge in [-0.1, -0.05) is 13.3 Å². The van der Waals surface area contributed by atoms with Crippen LogP contribution in [0.1, 0.15) is 26.7 Å². The fourth-order valence-corrected chi connectivity index (χ4v) is 1.16. The molecule has 1 aliphatic heterocycles. The summed E-state index contributed by atoms with van der Waals surface area (Å²) < 4.78 is 10.7. The molecule has 0 aliphatic carbocycles. The van der Waals surface area contributed by atoms with Crippen LogP contribution in [0, 0.1) is 0 Å². The summed E-state index contributed by atoms with van der Waals surface area (Å²) in [5, 5.41) is 0. The van der Waals surface area contributed by atoms with E-state index >= 15 is 0 Å². The molecule has 0 aromatic carbocycles. The van der Waals surface area contributed by atoms with E-state index in [4.69, 9.17) is 9.47 Å². The molecule has 0 N–H and O–H groups in total. The van der Waals surface area contributed by atoms with E-state index in [-0.39, 0.29) is 53.7 Å². The van der Waals surface area contributed by atoms with Crippen LogP contribution in [0.15, 0.2) is 0 Å².